The highest BCUT2D eigenvalue weighted by Gasteiger charge is 2.47. The van der Waals surface area contributed by atoms with E-state index in [2.05, 4.69) is 0 Å². The summed E-state index contributed by atoms with van der Waals surface area (Å²) in [5.41, 5.74) is 1.88. The molecule has 0 amide bonds. The summed E-state index contributed by atoms with van der Waals surface area (Å²) in [5, 5.41) is 11.4. The van der Waals surface area contributed by atoms with Gasteiger partial charge in [0.15, 0.2) is 6.29 Å². The predicted octanol–water partition coefficient (Wildman–Crippen LogP) is 4.11. The van der Waals surface area contributed by atoms with E-state index in [1.807, 2.05) is 30.3 Å². The van der Waals surface area contributed by atoms with Crippen molar-refractivity contribution in [3.63, 3.8) is 0 Å². The lowest BCUT2D eigenvalue weighted by atomic mass is 9.98. The molecule has 8 atom stereocenters. The van der Waals surface area contributed by atoms with Crippen LogP contribution in [0.25, 0.3) is 0 Å². The van der Waals surface area contributed by atoms with Crippen LogP contribution in [0.3, 0.4) is 0 Å². The fourth-order valence-corrected chi connectivity index (χ4v) is 3.68. The van der Waals surface area contributed by atoms with Gasteiger partial charge in [-0.2, -0.15) is 0 Å². The first-order valence-electron chi connectivity index (χ1n) is 12.9. The molecule has 6 nitrogen and oxygen atoms in total. The first-order valence-corrected chi connectivity index (χ1v) is 11.2. The summed E-state index contributed by atoms with van der Waals surface area (Å²) in [6.07, 6.45) is -5.32. The maximum Gasteiger partial charge on any atom is 0.186 e. The topological polar surface area (TPSA) is 66.4 Å². The molecule has 6 heteroatoms. The lowest BCUT2D eigenvalue weighted by Gasteiger charge is -2.43. The quantitative estimate of drug-likeness (QED) is 0.458. The highest BCUT2D eigenvalue weighted by molar-refractivity contribution is 5.15. The lowest BCUT2D eigenvalue weighted by Crippen LogP contribution is -2.60. The Morgan fingerprint density at radius 3 is 1.71 bits per heavy atom. The molecule has 0 spiro atoms. The fourth-order valence-electron chi connectivity index (χ4n) is 3.68. The fraction of sp³-hybridized carbons (Fsp3) is 0.357. The highest BCUT2D eigenvalue weighted by Crippen LogP contribution is 2.28. The van der Waals surface area contributed by atoms with E-state index in [0.717, 1.165) is 0 Å². The molecule has 0 aliphatic carbocycles. The van der Waals surface area contributed by atoms with Gasteiger partial charge in [0.05, 0.1) is 30.5 Å². The van der Waals surface area contributed by atoms with Crippen molar-refractivity contribution in [1.82, 2.24) is 0 Å². The molecule has 180 valence electrons. The Bertz CT molecular complexity index is 1060. The van der Waals surface area contributed by atoms with Crippen molar-refractivity contribution in [1.29, 1.82) is 0 Å². The van der Waals surface area contributed by atoms with Gasteiger partial charge in [0, 0.05) is 7.11 Å². The molecule has 0 saturated carbocycles. The first-order chi connectivity index (χ1) is 18.0. The molecule has 1 aliphatic heterocycles. The second-order valence-electron chi connectivity index (χ2n) is 7.89. The second kappa shape index (κ2) is 12.8. The summed E-state index contributed by atoms with van der Waals surface area (Å²) in [6.45, 7) is -3.29. The normalized spacial score (nSPS) is 28.8. The number of ether oxygens (including phenoxy) is 5. The predicted molar refractivity (Wildman–Crippen MR) is 128 cm³/mol. The Morgan fingerprint density at radius 2 is 1.21 bits per heavy atom. The summed E-state index contributed by atoms with van der Waals surface area (Å²) in [5.74, 6) is 0. The molecule has 34 heavy (non-hydrogen) atoms. The van der Waals surface area contributed by atoms with E-state index in [-0.39, 0.29) is 6.61 Å². The summed E-state index contributed by atoms with van der Waals surface area (Å²) in [6, 6.07) is 27.0. The number of hydrogen-bond donors (Lipinski definition) is 1. The first kappa shape index (κ1) is 20.8. The van der Waals surface area contributed by atoms with Gasteiger partial charge in [0.25, 0.3) is 0 Å². The molecule has 0 bridgehead atoms. The molecule has 0 aromatic heterocycles. The SMILES string of the molecule is [2H]C(OC[C@H]1OC(OC)[C@H](OC([2H])c2ccccc2)[C@@H](O)[C@H]1OC([2H])c1ccccc1)c1ccccc1. The largest absolute Gasteiger partial charge is 0.387 e. The van der Waals surface area contributed by atoms with Gasteiger partial charge in [0.1, 0.15) is 24.4 Å². The van der Waals surface area contributed by atoms with Crippen LogP contribution in [0.2, 0.25) is 0 Å². The average Bonchev–Trinajstić information content (AvgIpc) is 2.95. The zero-order valence-electron chi connectivity index (χ0n) is 22.0. The van der Waals surface area contributed by atoms with Gasteiger partial charge in [0.2, 0.25) is 0 Å². The van der Waals surface area contributed by atoms with Crippen LogP contribution in [0.4, 0.5) is 0 Å². The van der Waals surface area contributed by atoms with Crippen molar-refractivity contribution < 1.29 is 32.9 Å². The summed E-state index contributed by atoms with van der Waals surface area (Å²) in [7, 11) is 1.42. The van der Waals surface area contributed by atoms with Crippen LogP contribution in [0.5, 0.6) is 0 Å². The molecule has 1 heterocycles. The van der Waals surface area contributed by atoms with Gasteiger partial charge in [-0.15, -0.1) is 0 Å². The average molecular weight is 468 g/mol. The molecule has 0 radical (unpaired) electrons. The lowest BCUT2D eigenvalue weighted by molar-refractivity contribution is -0.315. The Kier molecular flexibility index (Phi) is 7.79. The maximum atomic E-state index is 11.4. The number of benzene rings is 3. The third-order valence-electron chi connectivity index (χ3n) is 5.45. The Hall–Kier alpha value is -2.58. The Balaban J connectivity index is 1.53. The molecule has 4 unspecified atom stereocenters. The van der Waals surface area contributed by atoms with Gasteiger partial charge in [-0.1, -0.05) is 91.0 Å². The summed E-state index contributed by atoms with van der Waals surface area (Å²) >= 11 is 0. The second-order valence-corrected chi connectivity index (χ2v) is 7.89. The molecular formula is C28H32O6. The molecule has 3 aromatic carbocycles. The van der Waals surface area contributed by atoms with Crippen LogP contribution in [0.1, 0.15) is 20.8 Å². The van der Waals surface area contributed by atoms with E-state index in [1.54, 1.807) is 60.7 Å². The van der Waals surface area contributed by atoms with E-state index in [1.165, 1.54) is 7.11 Å². The smallest absolute Gasteiger partial charge is 0.186 e. The molecule has 1 aliphatic rings. The highest BCUT2D eigenvalue weighted by atomic mass is 16.7. The van der Waals surface area contributed by atoms with E-state index >= 15 is 0 Å². The van der Waals surface area contributed by atoms with Crippen molar-refractivity contribution in [3.8, 4) is 0 Å². The Labute approximate surface area is 205 Å². The zero-order valence-corrected chi connectivity index (χ0v) is 19.0. The third-order valence-corrected chi connectivity index (χ3v) is 5.45. The minimum atomic E-state index is -1.30. The van der Waals surface area contributed by atoms with Crippen LogP contribution in [0.15, 0.2) is 91.0 Å². The van der Waals surface area contributed by atoms with Gasteiger partial charge >= 0.3 is 0 Å². The van der Waals surface area contributed by atoms with Crippen molar-refractivity contribution in [2.24, 2.45) is 0 Å². The van der Waals surface area contributed by atoms with Gasteiger partial charge in [-0.05, 0) is 16.7 Å². The molecule has 3 aromatic rings. The zero-order chi connectivity index (χ0) is 26.2. The molecule has 1 fully saturated rings. The van der Waals surface area contributed by atoms with E-state index in [9.17, 15) is 5.11 Å². The minimum absolute atomic E-state index is 0.0954. The van der Waals surface area contributed by atoms with Crippen LogP contribution in [0, 0.1) is 0 Å². The van der Waals surface area contributed by atoms with Gasteiger partial charge < -0.3 is 28.8 Å². The van der Waals surface area contributed by atoms with E-state index in [4.69, 9.17) is 27.8 Å². The van der Waals surface area contributed by atoms with E-state index < -0.39 is 50.5 Å². The molecule has 4 rings (SSSR count). The number of aliphatic hydroxyl groups excluding tert-OH is 1. The van der Waals surface area contributed by atoms with Crippen molar-refractivity contribution in [2.75, 3.05) is 13.7 Å². The van der Waals surface area contributed by atoms with Gasteiger partial charge in [-0.25, -0.2) is 0 Å². The van der Waals surface area contributed by atoms with Crippen molar-refractivity contribution in [3.05, 3.63) is 108 Å². The molecule has 1 N–H and O–H groups in total. The maximum absolute atomic E-state index is 11.4. The van der Waals surface area contributed by atoms with Crippen molar-refractivity contribution >= 4 is 0 Å². The number of aliphatic hydroxyl groups is 1. The van der Waals surface area contributed by atoms with E-state index in [0.29, 0.717) is 16.7 Å². The Morgan fingerprint density at radius 1 is 0.735 bits per heavy atom. The molecule has 1 saturated heterocycles. The number of hydrogen-bond acceptors (Lipinski definition) is 6. The van der Waals surface area contributed by atoms with Crippen LogP contribution < -0.4 is 0 Å². The van der Waals surface area contributed by atoms with Crippen LogP contribution >= 0.6 is 0 Å². The number of methoxy groups -OCH3 is 1. The molecular weight excluding hydrogens is 432 g/mol. The van der Waals surface area contributed by atoms with Crippen molar-refractivity contribution in [2.45, 2.75) is 50.5 Å². The number of rotatable bonds is 11. The van der Waals surface area contributed by atoms with Crippen LogP contribution in [-0.4, -0.2) is 49.5 Å². The van der Waals surface area contributed by atoms with Gasteiger partial charge in [-0.3, -0.25) is 0 Å². The minimum Gasteiger partial charge on any atom is -0.387 e. The summed E-state index contributed by atoms with van der Waals surface area (Å²) in [4.78, 5) is 0. The standard InChI is InChI=1S/C28H32O6/c1-30-28-27(33-19-23-15-9-4-10-16-23)25(29)26(32-18-22-13-7-3-8-14-22)24(34-28)20-31-17-21-11-5-2-6-12-21/h2-16,24-29H,17-20H2,1H3/t24-,25+,26+,27-,28?/m1/s1/i17D,18D,19D/t17?,18?,19?,24-,25+,26+,27-,28?. The van der Waals surface area contributed by atoms with Crippen LogP contribution in [-0.2, 0) is 43.4 Å². The third kappa shape index (κ3) is 6.73. The summed E-state index contributed by atoms with van der Waals surface area (Å²) < 4.78 is 54.6. The monoisotopic (exact) mass is 467 g/mol.